The lowest BCUT2D eigenvalue weighted by molar-refractivity contribution is -0.138. The summed E-state index contributed by atoms with van der Waals surface area (Å²) in [5, 5.41) is 18.0. The largest absolute Gasteiger partial charge is 0.491 e. The fourth-order valence-electron chi connectivity index (χ4n) is 1.70. The van der Waals surface area contributed by atoms with E-state index in [1.165, 1.54) is 0 Å². The van der Waals surface area contributed by atoms with Crippen LogP contribution in [-0.2, 0) is 17.4 Å². The molecule has 0 bridgehead atoms. The molecule has 0 aromatic heterocycles. The maximum atomic E-state index is 12.7. The Morgan fingerprint density at radius 1 is 1.41 bits per heavy atom. The molecule has 1 aromatic carbocycles. The number of alkyl halides is 3. The highest BCUT2D eigenvalue weighted by Crippen LogP contribution is 2.34. The van der Waals surface area contributed by atoms with Crippen LogP contribution in [0, 0.1) is 0 Å². The smallest absolute Gasteiger partial charge is 0.478 e. The van der Waals surface area contributed by atoms with Crippen LogP contribution in [0.5, 0.6) is 0 Å². The fraction of sp³-hybridized carbons (Fsp3) is 0.222. The molecule has 1 aliphatic rings. The molecule has 0 saturated carbocycles. The van der Waals surface area contributed by atoms with Crippen molar-refractivity contribution in [3.05, 3.63) is 28.8 Å². The van der Waals surface area contributed by atoms with Gasteiger partial charge in [-0.25, -0.2) is 4.79 Å². The minimum Gasteiger partial charge on any atom is -0.478 e. The number of carboxylic acid groups (broad SMARTS) is 1. The summed E-state index contributed by atoms with van der Waals surface area (Å²) in [6.45, 7) is -0.384. The van der Waals surface area contributed by atoms with E-state index in [4.69, 9.17) is 5.11 Å². The van der Waals surface area contributed by atoms with Gasteiger partial charge in [0.05, 0.1) is 17.7 Å². The molecule has 1 heterocycles. The lowest BCUT2D eigenvalue weighted by Crippen LogP contribution is -2.30. The third-order valence-electron chi connectivity index (χ3n) is 2.49. The number of fused-ring (bicyclic) bond motifs is 1. The van der Waals surface area contributed by atoms with E-state index in [1.807, 2.05) is 0 Å². The number of hydrogen-bond acceptors (Lipinski definition) is 3. The molecule has 0 radical (unpaired) electrons. The van der Waals surface area contributed by atoms with Crippen LogP contribution in [0.2, 0.25) is 0 Å². The average Bonchev–Trinajstić information content (AvgIpc) is 2.58. The van der Waals surface area contributed by atoms with E-state index in [0.717, 1.165) is 6.07 Å². The van der Waals surface area contributed by atoms with E-state index < -0.39 is 30.4 Å². The fourth-order valence-corrected chi connectivity index (χ4v) is 1.70. The van der Waals surface area contributed by atoms with Gasteiger partial charge in [0.15, 0.2) is 0 Å². The predicted octanol–water partition coefficient (Wildman–Crippen LogP) is 0.621. The molecule has 0 spiro atoms. The third kappa shape index (κ3) is 2.01. The van der Waals surface area contributed by atoms with E-state index in [-0.39, 0.29) is 17.6 Å². The van der Waals surface area contributed by atoms with Gasteiger partial charge in [-0.15, -0.1) is 0 Å². The van der Waals surface area contributed by atoms with Gasteiger partial charge in [0, 0.05) is 0 Å². The molecule has 0 aliphatic carbocycles. The van der Waals surface area contributed by atoms with Crippen LogP contribution >= 0.6 is 0 Å². The van der Waals surface area contributed by atoms with Gasteiger partial charge < -0.3 is 14.8 Å². The van der Waals surface area contributed by atoms with Gasteiger partial charge in [0.2, 0.25) is 0 Å². The predicted molar refractivity (Wildman–Crippen MR) is 50.8 cm³/mol. The lowest BCUT2D eigenvalue weighted by atomic mass is 9.77. The Morgan fingerprint density at radius 2 is 2.06 bits per heavy atom. The first-order chi connectivity index (χ1) is 7.80. The molecule has 8 heteroatoms. The standard InChI is InChI=1S/C9H6BF3O4/c11-9(12,13)6-1-4(8(14)15)2-7-5(6)3-17-10(7)16/h1-2,16H,3H2,(H,14,15). The number of carbonyl (C=O) groups is 1. The highest BCUT2D eigenvalue weighted by Gasteiger charge is 2.40. The molecule has 0 fully saturated rings. The number of carboxylic acids is 1. The Balaban J connectivity index is 2.67. The summed E-state index contributed by atoms with van der Waals surface area (Å²) in [5.41, 5.74) is -1.96. The van der Waals surface area contributed by atoms with Crippen molar-refractivity contribution in [3.63, 3.8) is 0 Å². The summed E-state index contributed by atoms with van der Waals surface area (Å²) < 4.78 is 42.7. The zero-order chi connectivity index (χ0) is 12.8. The molecule has 2 rings (SSSR count). The van der Waals surface area contributed by atoms with Crippen LogP contribution in [0.1, 0.15) is 21.5 Å². The van der Waals surface area contributed by atoms with E-state index in [1.54, 1.807) is 0 Å². The topological polar surface area (TPSA) is 66.8 Å². The van der Waals surface area contributed by atoms with Crippen molar-refractivity contribution < 1.29 is 32.8 Å². The molecule has 4 nitrogen and oxygen atoms in total. The van der Waals surface area contributed by atoms with Crippen molar-refractivity contribution in [3.8, 4) is 0 Å². The highest BCUT2D eigenvalue weighted by atomic mass is 19.4. The molecule has 1 aliphatic heterocycles. The molecular formula is C9H6BF3O4. The quantitative estimate of drug-likeness (QED) is 0.713. The Morgan fingerprint density at radius 3 is 2.59 bits per heavy atom. The van der Waals surface area contributed by atoms with E-state index in [9.17, 15) is 23.0 Å². The summed E-state index contributed by atoms with van der Waals surface area (Å²) in [6.07, 6.45) is -4.68. The van der Waals surface area contributed by atoms with Crippen LogP contribution in [0.25, 0.3) is 0 Å². The summed E-state index contributed by atoms with van der Waals surface area (Å²) in [6, 6.07) is 1.53. The number of benzene rings is 1. The minimum atomic E-state index is -4.68. The van der Waals surface area contributed by atoms with Crippen LogP contribution < -0.4 is 5.46 Å². The molecule has 90 valence electrons. The van der Waals surface area contributed by atoms with Crippen LogP contribution in [-0.4, -0.2) is 23.2 Å². The molecular weight excluding hydrogens is 240 g/mol. The van der Waals surface area contributed by atoms with Gasteiger partial charge in [-0.1, -0.05) is 0 Å². The molecule has 1 aromatic rings. The second-order valence-electron chi connectivity index (χ2n) is 3.56. The number of aromatic carboxylic acids is 1. The van der Waals surface area contributed by atoms with Crippen molar-refractivity contribution in [2.75, 3.05) is 0 Å². The van der Waals surface area contributed by atoms with Crippen LogP contribution in [0.15, 0.2) is 12.1 Å². The van der Waals surface area contributed by atoms with Crippen molar-refractivity contribution in [1.82, 2.24) is 0 Å². The monoisotopic (exact) mass is 246 g/mol. The van der Waals surface area contributed by atoms with Crippen molar-refractivity contribution in [1.29, 1.82) is 0 Å². The third-order valence-corrected chi connectivity index (χ3v) is 2.49. The SMILES string of the molecule is O=C(O)c1cc2c(c(C(F)(F)F)c1)COB2O. The van der Waals surface area contributed by atoms with Gasteiger partial charge in [0.1, 0.15) is 0 Å². The molecule has 0 amide bonds. The zero-order valence-corrected chi connectivity index (χ0v) is 8.28. The first-order valence-electron chi connectivity index (χ1n) is 4.57. The maximum Gasteiger partial charge on any atom is 0.491 e. The van der Waals surface area contributed by atoms with Gasteiger partial charge >= 0.3 is 19.3 Å². The second-order valence-corrected chi connectivity index (χ2v) is 3.56. The summed E-state index contributed by atoms with van der Waals surface area (Å²) in [7, 11) is -1.51. The maximum absolute atomic E-state index is 12.7. The molecule has 0 atom stereocenters. The molecule has 2 N–H and O–H groups in total. The minimum absolute atomic E-state index is 0.141. The van der Waals surface area contributed by atoms with Gasteiger partial charge in [-0.2, -0.15) is 13.2 Å². The van der Waals surface area contributed by atoms with Crippen LogP contribution in [0.4, 0.5) is 13.2 Å². The lowest BCUT2D eigenvalue weighted by Gasteiger charge is -2.12. The molecule has 0 unspecified atom stereocenters. The average molecular weight is 246 g/mol. The van der Waals surface area contributed by atoms with Gasteiger partial charge in [-0.05, 0) is 23.2 Å². The Hall–Kier alpha value is -1.54. The molecule has 0 saturated heterocycles. The Bertz CT molecular complexity index is 486. The number of halogens is 3. The first-order valence-corrected chi connectivity index (χ1v) is 4.57. The Kier molecular flexibility index (Phi) is 2.63. The second kappa shape index (κ2) is 3.74. The van der Waals surface area contributed by atoms with Gasteiger partial charge in [0.25, 0.3) is 0 Å². The highest BCUT2D eigenvalue weighted by molar-refractivity contribution is 6.61. The molecule has 17 heavy (non-hydrogen) atoms. The first kappa shape index (κ1) is 11.9. The van der Waals surface area contributed by atoms with Crippen molar-refractivity contribution >= 4 is 18.6 Å². The van der Waals surface area contributed by atoms with Crippen LogP contribution in [0.3, 0.4) is 0 Å². The van der Waals surface area contributed by atoms with E-state index in [2.05, 4.69) is 4.65 Å². The zero-order valence-electron chi connectivity index (χ0n) is 8.28. The summed E-state index contributed by atoms with van der Waals surface area (Å²) in [5.74, 6) is -1.49. The van der Waals surface area contributed by atoms with Crippen molar-refractivity contribution in [2.24, 2.45) is 0 Å². The van der Waals surface area contributed by atoms with Gasteiger partial charge in [-0.3, -0.25) is 0 Å². The van der Waals surface area contributed by atoms with E-state index in [0.29, 0.717) is 6.07 Å². The Labute approximate surface area is 93.8 Å². The summed E-state index contributed by atoms with van der Waals surface area (Å²) >= 11 is 0. The van der Waals surface area contributed by atoms with E-state index >= 15 is 0 Å². The van der Waals surface area contributed by atoms with Crippen molar-refractivity contribution in [2.45, 2.75) is 12.8 Å². The number of hydrogen-bond donors (Lipinski definition) is 2. The number of rotatable bonds is 1. The normalized spacial score (nSPS) is 14.9. The summed E-state index contributed by atoms with van der Waals surface area (Å²) in [4.78, 5) is 10.7.